The number of rotatable bonds is 4. The molecule has 0 aliphatic carbocycles. The summed E-state index contributed by atoms with van der Waals surface area (Å²) in [6, 6.07) is 0. The Bertz CT molecular complexity index is 158. The Morgan fingerprint density at radius 1 is 1.31 bits per heavy atom. The predicted octanol–water partition coefficient (Wildman–Crippen LogP) is 1.25. The SMILES string of the molecule is O=C(CCCCCl)N1CCOCC1. The van der Waals surface area contributed by atoms with Gasteiger partial charge in [0.1, 0.15) is 0 Å². The second-order valence-corrected chi connectivity index (χ2v) is 3.52. The maximum Gasteiger partial charge on any atom is 0.222 e. The molecule has 0 saturated carbocycles. The van der Waals surface area contributed by atoms with E-state index >= 15 is 0 Å². The lowest BCUT2D eigenvalue weighted by Gasteiger charge is -2.26. The lowest BCUT2D eigenvalue weighted by molar-refractivity contribution is -0.135. The highest BCUT2D eigenvalue weighted by Gasteiger charge is 2.15. The number of hydrogen-bond acceptors (Lipinski definition) is 2. The molecule has 0 aromatic heterocycles. The standard InChI is InChI=1S/C9H16ClNO2/c10-4-2-1-3-9(12)11-5-7-13-8-6-11/h1-8H2. The number of alkyl halides is 1. The van der Waals surface area contributed by atoms with Gasteiger partial charge in [0.05, 0.1) is 13.2 Å². The van der Waals surface area contributed by atoms with Crippen molar-refractivity contribution >= 4 is 17.5 Å². The molecule has 1 amide bonds. The summed E-state index contributed by atoms with van der Waals surface area (Å²) in [5.74, 6) is 0.893. The van der Waals surface area contributed by atoms with E-state index in [1.165, 1.54) is 0 Å². The second kappa shape index (κ2) is 6.22. The van der Waals surface area contributed by atoms with Crippen LogP contribution in [0.3, 0.4) is 0 Å². The van der Waals surface area contributed by atoms with Crippen LogP contribution in [0.1, 0.15) is 19.3 Å². The minimum atomic E-state index is 0.244. The highest BCUT2D eigenvalue weighted by atomic mass is 35.5. The van der Waals surface area contributed by atoms with Crippen molar-refractivity contribution in [1.29, 1.82) is 0 Å². The van der Waals surface area contributed by atoms with Crippen LogP contribution in [0.5, 0.6) is 0 Å². The minimum Gasteiger partial charge on any atom is -0.378 e. The molecule has 4 heteroatoms. The van der Waals surface area contributed by atoms with Gasteiger partial charge in [-0.3, -0.25) is 4.79 Å². The minimum absolute atomic E-state index is 0.244. The van der Waals surface area contributed by atoms with E-state index in [-0.39, 0.29) is 5.91 Å². The van der Waals surface area contributed by atoms with Gasteiger partial charge in [0, 0.05) is 25.4 Å². The van der Waals surface area contributed by atoms with Crippen LogP contribution in [0, 0.1) is 0 Å². The number of unbranched alkanes of at least 4 members (excludes halogenated alkanes) is 1. The Balaban J connectivity index is 2.13. The molecule has 1 aliphatic heterocycles. The molecular weight excluding hydrogens is 190 g/mol. The maximum atomic E-state index is 11.5. The molecule has 0 N–H and O–H groups in total. The van der Waals surface area contributed by atoms with E-state index in [4.69, 9.17) is 16.3 Å². The van der Waals surface area contributed by atoms with Crippen molar-refractivity contribution < 1.29 is 9.53 Å². The van der Waals surface area contributed by atoms with Crippen molar-refractivity contribution in [2.45, 2.75) is 19.3 Å². The third-order valence-corrected chi connectivity index (χ3v) is 2.41. The molecule has 0 aromatic rings. The predicted molar refractivity (Wildman–Crippen MR) is 52.0 cm³/mol. The van der Waals surface area contributed by atoms with Crippen molar-refractivity contribution in [2.24, 2.45) is 0 Å². The molecule has 0 aromatic carbocycles. The molecule has 0 unspecified atom stereocenters. The zero-order chi connectivity index (χ0) is 9.52. The van der Waals surface area contributed by atoms with Crippen molar-refractivity contribution in [3.8, 4) is 0 Å². The molecule has 1 rings (SSSR count). The van der Waals surface area contributed by atoms with Gasteiger partial charge >= 0.3 is 0 Å². The van der Waals surface area contributed by atoms with E-state index < -0.39 is 0 Å². The summed E-state index contributed by atoms with van der Waals surface area (Å²) in [5.41, 5.74) is 0. The van der Waals surface area contributed by atoms with E-state index in [1.54, 1.807) is 0 Å². The van der Waals surface area contributed by atoms with Gasteiger partial charge in [-0.15, -0.1) is 11.6 Å². The molecule has 76 valence electrons. The van der Waals surface area contributed by atoms with Crippen LogP contribution < -0.4 is 0 Å². The number of carbonyl (C=O) groups is 1. The summed E-state index contributed by atoms with van der Waals surface area (Å²) >= 11 is 5.53. The maximum absolute atomic E-state index is 11.5. The normalized spacial score (nSPS) is 17.5. The van der Waals surface area contributed by atoms with E-state index in [0.717, 1.165) is 25.9 Å². The zero-order valence-corrected chi connectivity index (χ0v) is 8.55. The fraction of sp³-hybridized carbons (Fsp3) is 0.889. The molecule has 0 spiro atoms. The lowest BCUT2D eigenvalue weighted by atomic mass is 10.2. The molecule has 3 nitrogen and oxygen atoms in total. The van der Waals surface area contributed by atoms with Gasteiger partial charge in [-0.1, -0.05) is 0 Å². The van der Waals surface area contributed by atoms with Crippen molar-refractivity contribution in [2.75, 3.05) is 32.2 Å². The van der Waals surface area contributed by atoms with Crippen molar-refractivity contribution in [3.63, 3.8) is 0 Å². The lowest BCUT2D eigenvalue weighted by Crippen LogP contribution is -2.40. The molecule has 13 heavy (non-hydrogen) atoms. The average Bonchev–Trinajstić information content (AvgIpc) is 2.19. The van der Waals surface area contributed by atoms with Gasteiger partial charge in [0.15, 0.2) is 0 Å². The van der Waals surface area contributed by atoms with E-state index in [2.05, 4.69) is 0 Å². The molecule has 0 radical (unpaired) electrons. The Labute approximate surface area is 84.0 Å². The van der Waals surface area contributed by atoms with Gasteiger partial charge in [-0.25, -0.2) is 0 Å². The Morgan fingerprint density at radius 3 is 2.62 bits per heavy atom. The largest absolute Gasteiger partial charge is 0.378 e. The molecule has 1 heterocycles. The fourth-order valence-electron chi connectivity index (χ4n) is 1.34. The molecule has 0 bridgehead atoms. The average molecular weight is 206 g/mol. The zero-order valence-electron chi connectivity index (χ0n) is 7.80. The number of morpholine rings is 1. The van der Waals surface area contributed by atoms with Crippen LogP contribution in [-0.2, 0) is 9.53 Å². The fourth-order valence-corrected chi connectivity index (χ4v) is 1.53. The van der Waals surface area contributed by atoms with Gasteiger partial charge in [-0.2, -0.15) is 0 Å². The number of ether oxygens (including phenoxy) is 1. The van der Waals surface area contributed by atoms with Crippen LogP contribution in [0.2, 0.25) is 0 Å². The molecule has 1 aliphatic rings. The number of halogens is 1. The molecule has 1 saturated heterocycles. The van der Waals surface area contributed by atoms with Crippen molar-refractivity contribution in [1.82, 2.24) is 4.90 Å². The monoisotopic (exact) mass is 205 g/mol. The summed E-state index contributed by atoms with van der Waals surface area (Å²) in [5, 5.41) is 0. The molecular formula is C9H16ClNO2. The molecule has 0 atom stereocenters. The summed E-state index contributed by atoms with van der Waals surface area (Å²) in [6.45, 7) is 2.86. The first-order valence-electron chi connectivity index (χ1n) is 4.76. The van der Waals surface area contributed by atoms with Crippen LogP contribution >= 0.6 is 11.6 Å². The summed E-state index contributed by atoms with van der Waals surface area (Å²) in [6.07, 6.45) is 2.46. The van der Waals surface area contributed by atoms with Crippen LogP contribution in [0.15, 0.2) is 0 Å². The Kier molecular flexibility index (Phi) is 5.16. The number of carbonyl (C=O) groups excluding carboxylic acids is 1. The number of nitrogens with zero attached hydrogens (tertiary/aromatic N) is 1. The summed E-state index contributed by atoms with van der Waals surface area (Å²) in [4.78, 5) is 13.4. The van der Waals surface area contributed by atoms with E-state index in [9.17, 15) is 4.79 Å². The highest BCUT2D eigenvalue weighted by Crippen LogP contribution is 2.04. The third kappa shape index (κ3) is 3.96. The van der Waals surface area contributed by atoms with Gasteiger partial charge in [0.25, 0.3) is 0 Å². The topological polar surface area (TPSA) is 29.5 Å². The Hall–Kier alpha value is -0.280. The molecule has 1 fully saturated rings. The first-order valence-corrected chi connectivity index (χ1v) is 5.29. The Morgan fingerprint density at radius 2 is 2.00 bits per heavy atom. The van der Waals surface area contributed by atoms with E-state index in [0.29, 0.717) is 25.5 Å². The quantitative estimate of drug-likeness (QED) is 0.511. The number of hydrogen-bond donors (Lipinski definition) is 0. The second-order valence-electron chi connectivity index (χ2n) is 3.14. The third-order valence-electron chi connectivity index (χ3n) is 2.14. The van der Waals surface area contributed by atoms with Crippen molar-refractivity contribution in [3.05, 3.63) is 0 Å². The van der Waals surface area contributed by atoms with Gasteiger partial charge < -0.3 is 9.64 Å². The first kappa shape index (κ1) is 10.8. The number of amides is 1. The summed E-state index contributed by atoms with van der Waals surface area (Å²) in [7, 11) is 0. The van der Waals surface area contributed by atoms with E-state index in [1.807, 2.05) is 4.90 Å². The first-order chi connectivity index (χ1) is 6.34. The van der Waals surface area contributed by atoms with Crippen LogP contribution in [0.25, 0.3) is 0 Å². The smallest absolute Gasteiger partial charge is 0.222 e. The van der Waals surface area contributed by atoms with Crippen LogP contribution in [-0.4, -0.2) is 43.0 Å². The van der Waals surface area contributed by atoms with Crippen LogP contribution in [0.4, 0.5) is 0 Å². The highest BCUT2D eigenvalue weighted by molar-refractivity contribution is 6.17. The summed E-state index contributed by atoms with van der Waals surface area (Å²) < 4.78 is 5.16. The van der Waals surface area contributed by atoms with Gasteiger partial charge in [-0.05, 0) is 12.8 Å². The van der Waals surface area contributed by atoms with Gasteiger partial charge in [0.2, 0.25) is 5.91 Å².